The Hall–Kier alpha value is -2.21. The van der Waals surface area contributed by atoms with Crippen LogP contribution < -0.4 is 10.2 Å². The number of aromatic nitrogens is 2. The predicted molar refractivity (Wildman–Crippen MR) is 97.2 cm³/mol. The summed E-state index contributed by atoms with van der Waals surface area (Å²) in [6.45, 7) is 5.70. The number of aliphatic hydroxyl groups excluding tert-OH is 1. The van der Waals surface area contributed by atoms with Crippen LogP contribution in [0.5, 0.6) is 0 Å². The molecule has 0 radical (unpaired) electrons. The fourth-order valence-corrected chi connectivity index (χ4v) is 3.20. The molecule has 2 aromatic rings. The topological polar surface area (TPSA) is 61.3 Å². The van der Waals surface area contributed by atoms with E-state index in [1.807, 2.05) is 19.1 Å². The van der Waals surface area contributed by atoms with Gasteiger partial charge in [-0.15, -0.1) is 0 Å². The number of rotatable bonds is 5. The Morgan fingerprint density at radius 2 is 2.20 bits per heavy atom. The van der Waals surface area contributed by atoms with Crippen molar-refractivity contribution in [2.75, 3.05) is 29.9 Å². The average Bonchev–Trinajstić information content (AvgIpc) is 2.64. The summed E-state index contributed by atoms with van der Waals surface area (Å²) in [7, 11) is 0. The van der Waals surface area contributed by atoms with Gasteiger partial charge in [0.2, 0.25) is 0 Å². The zero-order valence-corrected chi connectivity index (χ0v) is 14.7. The van der Waals surface area contributed by atoms with Gasteiger partial charge in [-0.05, 0) is 49.8 Å². The quantitative estimate of drug-likeness (QED) is 0.871. The Bertz CT molecular complexity index is 724. The molecule has 3 rings (SSSR count). The van der Waals surface area contributed by atoms with E-state index >= 15 is 0 Å². The van der Waals surface area contributed by atoms with Crippen LogP contribution in [0.3, 0.4) is 0 Å². The van der Waals surface area contributed by atoms with Gasteiger partial charge in [-0.25, -0.2) is 14.4 Å². The SMILES string of the molecule is Cc1ccc(C(C)Nc2cc(N3CCCC(CO)C3)ncn2)cc1F. The first-order chi connectivity index (χ1) is 12.1. The van der Waals surface area contributed by atoms with Crippen LogP contribution in [-0.4, -0.2) is 34.8 Å². The summed E-state index contributed by atoms with van der Waals surface area (Å²) in [6.07, 6.45) is 3.65. The third-order valence-corrected chi connectivity index (χ3v) is 4.81. The second-order valence-electron chi connectivity index (χ2n) is 6.77. The fourth-order valence-electron chi connectivity index (χ4n) is 3.20. The van der Waals surface area contributed by atoms with Gasteiger partial charge in [0, 0.05) is 25.8 Å². The summed E-state index contributed by atoms with van der Waals surface area (Å²) in [6, 6.07) is 7.13. The van der Waals surface area contributed by atoms with Crippen molar-refractivity contribution in [2.24, 2.45) is 5.92 Å². The maximum atomic E-state index is 13.8. The lowest BCUT2D eigenvalue weighted by molar-refractivity contribution is 0.208. The second-order valence-corrected chi connectivity index (χ2v) is 6.77. The Morgan fingerprint density at radius 1 is 1.36 bits per heavy atom. The molecule has 2 atom stereocenters. The van der Waals surface area contributed by atoms with Crippen molar-refractivity contribution >= 4 is 11.6 Å². The molecule has 2 heterocycles. The predicted octanol–water partition coefficient (Wildman–Crippen LogP) is 3.31. The first-order valence-electron chi connectivity index (χ1n) is 8.77. The van der Waals surface area contributed by atoms with Gasteiger partial charge in [-0.2, -0.15) is 0 Å². The smallest absolute Gasteiger partial charge is 0.134 e. The molecule has 2 unspecified atom stereocenters. The van der Waals surface area contributed by atoms with Gasteiger partial charge >= 0.3 is 0 Å². The van der Waals surface area contributed by atoms with Crippen LogP contribution in [-0.2, 0) is 0 Å². The number of hydrogen-bond acceptors (Lipinski definition) is 5. The van der Waals surface area contributed by atoms with Crippen molar-refractivity contribution in [1.29, 1.82) is 0 Å². The Kier molecular flexibility index (Phi) is 5.48. The largest absolute Gasteiger partial charge is 0.396 e. The third kappa shape index (κ3) is 4.25. The highest BCUT2D eigenvalue weighted by Gasteiger charge is 2.20. The van der Waals surface area contributed by atoms with Gasteiger partial charge in [0.05, 0.1) is 6.04 Å². The van der Waals surface area contributed by atoms with Gasteiger partial charge in [0.25, 0.3) is 0 Å². The molecular formula is C19H25FN4O. The second kappa shape index (κ2) is 7.78. The van der Waals surface area contributed by atoms with Crippen molar-refractivity contribution < 1.29 is 9.50 Å². The molecular weight excluding hydrogens is 319 g/mol. The van der Waals surface area contributed by atoms with Crippen LogP contribution in [0.2, 0.25) is 0 Å². The van der Waals surface area contributed by atoms with Crippen LogP contribution in [0.15, 0.2) is 30.6 Å². The highest BCUT2D eigenvalue weighted by molar-refractivity contribution is 5.50. The number of nitrogens with one attached hydrogen (secondary N) is 1. The molecule has 5 nitrogen and oxygen atoms in total. The van der Waals surface area contributed by atoms with Crippen molar-refractivity contribution in [3.05, 3.63) is 47.5 Å². The standard InChI is InChI=1S/C19H25FN4O/c1-13-5-6-16(8-17(13)20)14(2)23-18-9-19(22-12-21-18)24-7-3-4-15(10-24)11-25/h5-6,8-9,12,14-15,25H,3-4,7,10-11H2,1-2H3,(H,21,22,23). The van der Waals surface area contributed by atoms with E-state index in [1.165, 1.54) is 0 Å². The Labute approximate surface area is 147 Å². The lowest BCUT2D eigenvalue weighted by atomic mass is 9.99. The Balaban J connectivity index is 1.71. The number of aliphatic hydroxyl groups is 1. The number of halogens is 1. The van der Waals surface area contributed by atoms with Crippen LogP contribution in [0.1, 0.15) is 36.9 Å². The number of anilines is 2. The molecule has 0 saturated carbocycles. The molecule has 0 bridgehead atoms. The van der Waals surface area contributed by atoms with Gasteiger partial charge < -0.3 is 15.3 Å². The first-order valence-corrected chi connectivity index (χ1v) is 8.77. The maximum Gasteiger partial charge on any atom is 0.134 e. The molecule has 0 aliphatic carbocycles. The van der Waals surface area contributed by atoms with E-state index in [4.69, 9.17) is 0 Å². The van der Waals surface area contributed by atoms with Gasteiger partial charge in [-0.1, -0.05) is 12.1 Å². The lowest BCUT2D eigenvalue weighted by Gasteiger charge is -2.32. The summed E-state index contributed by atoms with van der Waals surface area (Å²) in [5, 5.41) is 12.7. The van der Waals surface area contributed by atoms with E-state index in [0.29, 0.717) is 17.3 Å². The summed E-state index contributed by atoms with van der Waals surface area (Å²) < 4.78 is 13.8. The third-order valence-electron chi connectivity index (χ3n) is 4.81. The zero-order chi connectivity index (χ0) is 17.8. The summed E-state index contributed by atoms with van der Waals surface area (Å²) >= 11 is 0. The molecule has 1 saturated heterocycles. The molecule has 25 heavy (non-hydrogen) atoms. The van der Waals surface area contributed by atoms with E-state index in [0.717, 1.165) is 37.3 Å². The molecule has 0 amide bonds. The van der Waals surface area contributed by atoms with Crippen LogP contribution in [0.25, 0.3) is 0 Å². The Morgan fingerprint density at radius 3 is 2.96 bits per heavy atom. The summed E-state index contributed by atoms with van der Waals surface area (Å²) in [5.41, 5.74) is 1.52. The fraction of sp³-hybridized carbons (Fsp3) is 0.474. The minimum Gasteiger partial charge on any atom is -0.396 e. The molecule has 6 heteroatoms. The number of benzene rings is 1. The highest BCUT2D eigenvalue weighted by Crippen LogP contribution is 2.25. The van der Waals surface area contributed by atoms with E-state index in [-0.39, 0.29) is 18.5 Å². The minimum atomic E-state index is -0.196. The van der Waals surface area contributed by atoms with Crippen LogP contribution in [0.4, 0.5) is 16.0 Å². The molecule has 1 aliphatic rings. The minimum absolute atomic E-state index is 0.0654. The molecule has 1 aromatic heterocycles. The molecule has 1 aliphatic heterocycles. The molecule has 134 valence electrons. The normalized spacial score (nSPS) is 18.9. The number of piperidine rings is 1. The average molecular weight is 344 g/mol. The molecule has 0 spiro atoms. The summed E-state index contributed by atoms with van der Waals surface area (Å²) in [5.74, 6) is 1.68. The molecule has 1 fully saturated rings. The van der Waals surface area contributed by atoms with E-state index < -0.39 is 0 Å². The highest BCUT2D eigenvalue weighted by atomic mass is 19.1. The van der Waals surface area contributed by atoms with Gasteiger partial charge in [0.15, 0.2) is 0 Å². The van der Waals surface area contributed by atoms with Crippen molar-refractivity contribution in [3.8, 4) is 0 Å². The molecule has 1 aromatic carbocycles. The lowest BCUT2D eigenvalue weighted by Crippen LogP contribution is -2.37. The van der Waals surface area contributed by atoms with Crippen molar-refractivity contribution in [2.45, 2.75) is 32.7 Å². The summed E-state index contributed by atoms with van der Waals surface area (Å²) in [4.78, 5) is 10.8. The van der Waals surface area contributed by atoms with Gasteiger partial charge in [-0.3, -0.25) is 0 Å². The maximum absolute atomic E-state index is 13.8. The monoisotopic (exact) mass is 344 g/mol. The van der Waals surface area contributed by atoms with Crippen LogP contribution in [0, 0.1) is 18.7 Å². The first kappa shape index (κ1) is 17.6. The molecule has 2 N–H and O–H groups in total. The van der Waals surface area contributed by atoms with Crippen LogP contribution >= 0.6 is 0 Å². The van der Waals surface area contributed by atoms with Gasteiger partial charge in [0.1, 0.15) is 23.8 Å². The zero-order valence-electron chi connectivity index (χ0n) is 14.7. The van der Waals surface area contributed by atoms with Crippen molar-refractivity contribution in [3.63, 3.8) is 0 Å². The van der Waals surface area contributed by atoms with E-state index in [2.05, 4.69) is 20.2 Å². The van der Waals surface area contributed by atoms with E-state index in [9.17, 15) is 9.50 Å². The number of aryl methyl sites for hydroxylation is 1. The number of hydrogen-bond donors (Lipinski definition) is 2. The number of nitrogens with zero attached hydrogens (tertiary/aromatic N) is 3. The van der Waals surface area contributed by atoms with Crippen molar-refractivity contribution in [1.82, 2.24) is 9.97 Å². The van der Waals surface area contributed by atoms with E-state index in [1.54, 1.807) is 25.4 Å².